The van der Waals surface area contributed by atoms with Crippen molar-refractivity contribution in [3.8, 4) is 0 Å². The number of esters is 2. The molecule has 9 aliphatic rings. The lowest BCUT2D eigenvalue weighted by Crippen LogP contribution is -2.80. The molecule has 5 saturated heterocycles. The zero-order valence-corrected chi connectivity index (χ0v) is 51.2. The average molecular weight is 1220 g/mol. The third-order valence-corrected chi connectivity index (χ3v) is 20.8. The molecule has 0 aromatic rings. The Labute approximate surface area is 497 Å². The predicted octanol–water partition coefficient (Wildman–Crippen LogP) is 0.556. The quantitative estimate of drug-likeness (QED) is 0.0686. The van der Waals surface area contributed by atoms with Crippen LogP contribution < -0.4 is 0 Å². The van der Waals surface area contributed by atoms with Gasteiger partial charge in [-0.3, -0.25) is 9.59 Å². The van der Waals surface area contributed by atoms with Crippen LogP contribution in [0.1, 0.15) is 120 Å². The molecule has 26 nitrogen and oxygen atoms in total. The van der Waals surface area contributed by atoms with E-state index in [9.17, 15) is 50.4 Å². The largest absolute Gasteiger partial charge is 0.458 e. The first-order valence-corrected chi connectivity index (χ1v) is 30.3. The van der Waals surface area contributed by atoms with Crippen LogP contribution in [0.4, 0.5) is 0 Å². The van der Waals surface area contributed by atoms with Crippen molar-refractivity contribution in [3.05, 3.63) is 11.6 Å². The summed E-state index contributed by atoms with van der Waals surface area (Å²) in [6.07, 6.45) is -19.5. The van der Waals surface area contributed by atoms with Crippen LogP contribution in [0.25, 0.3) is 0 Å². The Morgan fingerprint density at radius 2 is 1.12 bits per heavy atom. The second-order valence-electron chi connectivity index (χ2n) is 25.7. The molecule has 5 heterocycles. The average Bonchev–Trinajstić information content (AvgIpc) is 1.67. The van der Waals surface area contributed by atoms with Crippen molar-refractivity contribution in [2.45, 2.75) is 291 Å². The smallest absolute Gasteiger partial charge is 0.303 e. The molecule has 488 valence electrons. The van der Waals surface area contributed by atoms with E-state index in [4.69, 9.17) is 75.8 Å². The Bertz CT molecular complexity index is 2300. The number of hydrogen-bond donors (Lipinski definition) is 8. The minimum atomic E-state index is -1.81. The number of carbonyl (C=O) groups is 2. The van der Waals surface area contributed by atoms with Gasteiger partial charge in [0.25, 0.3) is 0 Å². The van der Waals surface area contributed by atoms with Crippen molar-refractivity contribution in [2.24, 2.45) is 22.7 Å². The van der Waals surface area contributed by atoms with Gasteiger partial charge in [0, 0.05) is 72.9 Å². The molecule has 0 amide bonds. The fraction of sp³-hybridized carbons (Fsp3) is 0.932. The summed E-state index contributed by atoms with van der Waals surface area (Å²) < 4.78 is 99.4. The highest BCUT2D eigenvalue weighted by molar-refractivity contribution is 5.68. The standard InChI is InChI=1S/C59H96O26/c1-25(61)34-16-19-59(69)57(34,9)53(79-31(7)63)51(78-30(6)62)52-56(8)17-15-33(20-32(56)14-18-58(52,59)68)80-39-21-35(70-10)46(26(2)74-39)82-40-22-36(71-11)47(27(3)75-40)83-41-23-37(72-12)48(28(4)76-41)84-55-45(67)50(73-13)49(29(5)77-55)85-54-44(66)43(65)42(64)38(24-60)81-54/h14,25-29,33-55,60-61,64-69H,15-24H2,1-13H3/t25-,26+,27+,28+,29+,33-,34+,35-,36-,37+,38+,39-,40-,41-,42+,43-,44+,45+,46+,47+,48+,49+,50-,51-,52+,53+,54-,55-,56-,57-,58-,59+/m0/s1. The van der Waals surface area contributed by atoms with Gasteiger partial charge in [-0.05, 0) is 84.5 Å². The normalized spacial score (nSPS) is 51.4. The van der Waals surface area contributed by atoms with Gasteiger partial charge in [0.05, 0.1) is 61.5 Å². The van der Waals surface area contributed by atoms with Gasteiger partial charge in [0.1, 0.15) is 84.4 Å². The maximum atomic E-state index is 13.1. The van der Waals surface area contributed by atoms with E-state index in [1.54, 1.807) is 41.9 Å². The van der Waals surface area contributed by atoms with Crippen molar-refractivity contribution in [3.63, 3.8) is 0 Å². The van der Waals surface area contributed by atoms with E-state index in [1.165, 1.54) is 28.1 Å². The van der Waals surface area contributed by atoms with E-state index in [1.807, 2.05) is 26.8 Å². The van der Waals surface area contributed by atoms with Crippen molar-refractivity contribution in [1.29, 1.82) is 0 Å². The Balaban J connectivity index is 0.790. The number of fused-ring (bicyclic) bond motifs is 5. The van der Waals surface area contributed by atoms with Crippen LogP contribution in [0.2, 0.25) is 0 Å². The van der Waals surface area contributed by atoms with Crippen molar-refractivity contribution >= 4 is 11.9 Å². The lowest BCUT2D eigenvalue weighted by molar-refractivity contribution is -0.374. The van der Waals surface area contributed by atoms with Crippen LogP contribution in [0, 0.1) is 22.7 Å². The molecule has 85 heavy (non-hydrogen) atoms. The number of ether oxygens (including phenoxy) is 16. The highest BCUT2D eigenvalue weighted by Gasteiger charge is 2.80. The van der Waals surface area contributed by atoms with Crippen molar-refractivity contribution in [1.82, 2.24) is 0 Å². The van der Waals surface area contributed by atoms with Crippen LogP contribution in [-0.2, 0) is 85.4 Å². The summed E-state index contributed by atoms with van der Waals surface area (Å²) in [6.45, 7) is 14.4. The maximum absolute atomic E-state index is 13.1. The summed E-state index contributed by atoms with van der Waals surface area (Å²) in [5, 5.41) is 89.6. The number of methoxy groups -OCH3 is 4. The van der Waals surface area contributed by atoms with Gasteiger partial charge in [-0.15, -0.1) is 0 Å². The van der Waals surface area contributed by atoms with Gasteiger partial charge in [-0.1, -0.05) is 25.5 Å². The van der Waals surface area contributed by atoms with E-state index in [-0.39, 0.29) is 31.8 Å². The second kappa shape index (κ2) is 26.6. The molecule has 0 aromatic heterocycles. The summed E-state index contributed by atoms with van der Waals surface area (Å²) in [4.78, 5) is 25.8. The predicted molar refractivity (Wildman–Crippen MR) is 290 cm³/mol. The van der Waals surface area contributed by atoms with E-state index >= 15 is 0 Å². The van der Waals surface area contributed by atoms with Crippen molar-refractivity contribution < 1.29 is 126 Å². The molecule has 3 saturated carbocycles. The molecule has 8 fully saturated rings. The Hall–Kier alpha value is -2.20. The highest BCUT2D eigenvalue weighted by Crippen LogP contribution is 2.71. The molecule has 5 aliphatic heterocycles. The Kier molecular flexibility index (Phi) is 21.0. The molecule has 0 unspecified atom stereocenters. The van der Waals surface area contributed by atoms with Gasteiger partial charge in [-0.2, -0.15) is 0 Å². The van der Waals surface area contributed by atoms with Crippen molar-refractivity contribution in [2.75, 3.05) is 35.0 Å². The number of rotatable bonds is 18. The fourth-order valence-electron chi connectivity index (χ4n) is 16.5. The van der Waals surface area contributed by atoms with Crippen LogP contribution in [0.5, 0.6) is 0 Å². The van der Waals surface area contributed by atoms with Crippen LogP contribution >= 0.6 is 0 Å². The van der Waals surface area contributed by atoms with Crippen LogP contribution in [-0.4, -0.2) is 259 Å². The van der Waals surface area contributed by atoms with Gasteiger partial charge < -0.3 is 117 Å². The molecule has 0 bridgehead atoms. The van der Waals surface area contributed by atoms with E-state index < -0.39 is 206 Å². The molecular formula is C59H96O26. The maximum Gasteiger partial charge on any atom is 0.303 e. The Morgan fingerprint density at radius 3 is 1.62 bits per heavy atom. The monoisotopic (exact) mass is 1220 g/mol. The first kappa shape index (κ1) is 67.2. The summed E-state index contributed by atoms with van der Waals surface area (Å²) in [7, 11) is 6.08. The topological polar surface area (TPSA) is 344 Å². The van der Waals surface area contributed by atoms with E-state index in [2.05, 4.69) is 0 Å². The van der Waals surface area contributed by atoms with Gasteiger partial charge >= 0.3 is 11.9 Å². The summed E-state index contributed by atoms with van der Waals surface area (Å²) >= 11 is 0. The van der Waals surface area contributed by atoms with E-state index in [0.717, 1.165) is 5.57 Å². The van der Waals surface area contributed by atoms with Gasteiger partial charge in [-0.25, -0.2) is 0 Å². The Morgan fingerprint density at radius 1 is 0.612 bits per heavy atom. The fourth-order valence-corrected chi connectivity index (χ4v) is 16.5. The zero-order chi connectivity index (χ0) is 62.0. The lowest BCUT2D eigenvalue weighted by Gasteiger charge is -2.68. The summed E-state index contributed by atoms with van der Waals surface area (Å²) in [5.74, 6) is -2.70. The van der Waals surface area contributed by atoms with E-state index in [0.29, 0.717) is 32.1 Å². The minimum Gasteiger partial charge on any atom is -0.458 e. The van der Waals surface area contributed by atoms with Crippen LogP contribution in [0.3, 0.4) is 0 Å². The van der Waals surface area contributed by atoms with Gasteiger partial charge in [0.15, 0.2) is 31.5 Å². The summed E-state index contributed by atoms with van der Waals surface area (Å²) in [5.41, 5.74) is -4.84. The number of hydrogen-bond acceptors (Lipinski definition) is 26. The SMILES string of the molecule is CO[C@H]1[C@@H](O)[C@H](O[C@@H]2[C@@H](C)O[C@@H](O[C@H]3[C@@H](OC)C[C@H](O[C@H]4[C@@H](OC)C[C@H](O[C@H]5CC[C@@]6(C)C(=CC[C@]7(O)[C@@H]6[C@H](OC(C)=O)[C@@H](OC(C)=O)[C@]6(C)[C@@H]([C@H](C)O)CC[C@@]67O)C5)O[C@@H]4C)O[C@@H]3C)C[C@H]2OC)O[C@H](C)[C@H]1O[C@@H]1O[C@H](CO)[C@@H](O)[C@H](O)[C@H]1O. The number of carbonyl (C=O) groups excluding carboxylic acids is 2. The lowest BCUT2D eigenvalue weighted by atomic mass is 9.42. The number of aliphatic hydroxyl groups excluding tert-OH is 6. The molecule has 0 aromatic carbocycles. The first-order chi connectivity index (χ1) is 40.1. The number of aliphatic hydroxyl groups is 8. The second-order valence-corrected chi connectivity index (χ2v) is 25.7. The molecule has 26 heteroatoms. The molecular weight excluding hydrogens is 1120 g/mol. The molecule has 9 rings (SSSR count). The first-order valence-electron chi connectivity index (χ1n) is 30.3. The molecule has 0 radical (unpaired) electrons. The zero-order valence-electron chi connectivity index (χ0n) is 51.2. The van der Waals surface area contributed by atoms with Gasteiger partial charge in [0.2, 0.25) is 0 Å². The molecule has 0 spiro atoms. The molecule has 32 atom stereocenters. The third-order valence-electron chi connectivity index (χ3n) is 20.8. The highest BCUT2D eigenvalue weighted by atomic mass is 16.8. The molecule has 8 N–H and O–H groups in total. The summed E-state index contributed by atoms with van der Waals surface area (Å²) in [6, 6.07) is 0. The molecule has 4 aliphatic carbocycles. The minimum absolute atomic E-state index is 0.0409. The third kappa shape index (κ3) is 12.3. The van der Waals surface area contributed by atoms with Crippen LogP contribution in [0.15, 0.2) is 11.6 Å².